The van der Waals surface area contributed by atoms with E-state index < -0.39 is 52.7 Å². The molecule has 1 saturated carbocycles. The molecule has 3 fully saturated rings. The van der Waals surface area contributed by atoms with Crippen LogP contribution in [0.3, 0.4) is 0 Å². The lowest BCUT2D eigenvalue weighted by molar-refractivity contribution is -0.138. The van der Waals surface area contributed by atoms with Crippen molar-refractivity contribution in [2.24, 2.45) is 23.7 Å². The van der Waals surface area contributed by atoms with Gasteiger partial charge in [-0.05, 0) is 96.6 Å². The van der Waals surface area contributed by atoms with Crippen LogP contribution in [0.25, 0.3) is 0 Å². The van der Waals surface area contributed by atoms with Crippen LogP contribution in [0.15, 0.2) is 133 Å². The highest BCUT2D eigenvalue weighted by Gasteiger charge is 2.70. The number of aliphatic hydroxyl groups is 1. The molecule has 0 radical (unpaired) electrons. The predicted octanol–water partition coefficient (Wildman–Crippen LogP) is 7.79. The largest absolute Gasteiger partial charge is 0.497 e. The number of hydrogen-bond acceptors (Lipinski definition) is 9. The number of nitrogens with one attached hydrogen (secondary N) is 1. The normalized spacial score (nSPS) is 24.2. The van der Waals surface area contributed by atoms with E-state index in [0.29, 0.717) is 50.2 Å². The molecule has 0 aromatic heterocycles. The van der Waals surface area contributed by atoms with E-state index in [9.17, 15) is 19.5 Å². The lowest BCUT2D eigenvalue weighted by Crippen LogP contribution is -2.53. The highest BCUT2D eigenvalue weighted by Crippen LogP contribution is 2.64. The zero-order valence-electron chi connectivity index (χ0n) is 32.8. The first-order valence-electron chi connectivity index (χ1n) is 19.9. The lowest BCUT2D eigenvalue weighted by atomic mass is 9.49. The maximum Gasteiger partial charge on any atom is 0.260 e. The maximum atomic E-state index is 15.5. The summed E-state index contributed by atoms with van der Waals surface area (Å²) in [5.74, 6) is -4.91. The van der Waals surface area contributed by atoms with Crippen LogP contribution in [0.5, 0.6) is 11.5 Å². The van der Waals surface area contributed by atoms with E-state index in [2.05, 4.69) is 5.43 Å². The van der Waals surface area contributed by atoms with E-state index in [0.717, 1.165) is 10.6 Å². The summed E-state index contributed by atoms with van der Waals surface area (Å²) in [4.78, 5) is 74.2. The van der Waals surface area contributed by atoms with Crippen molar-refractivity contribution >= 4 is 64.0 Å². The number of allylic oxidation sites excluding steroid dienone is 2. The van der Waals surface area contributed by atoms with Crippen LogP contribution in [-0.2, 0) is 24.6 Å². The van der Waals surface area contributed by atoms with Crippen molar-refractivity contribution in [3.8, 4) is 11.5 Å². The number of hydrazine groups is 1. The molecule has 5 aromatic rings. The van der Waals surface area contributed by atoms with Crippen LogP contribution < -0.4 is 19.8 Å². The highest BCUT2D eigenvalue weighted by molar-refractivity contribution is 6.36. The molecule has 0 unspecified atom stereocenters. The fraction of sp³-hybridized carbons (Fsp3) is 0.229. The van der Waals surface area contributed by atoms with Crippen molar-refractivity contribution in [2.45, 2.75) is 24.2 Å². The predicted molar refractivity (Wildman–Crippen MR) is 228 cm³/mol. The number of ether oxygens (including phenoxy) is 2. The number of methoxy groups -OCH3 is 1. The van der Waals surface area contributed by atoms with E-state index in [-0.39, 0.29) is 42.8 Å². The van der Waals surface area contributed by atoms with Crippen molar-refractivity contribution in [2.75, 3.05) is 30.6 Å². The van der Waals surface area contributed by atoms with Crippen LogP contribution in [0.2, 0.25) is 10.0 Å². The Labute approximate surface area is 361 Å². The number of rotatable bonds is 11. The number of carbonyl (C=O) groups excluding carboxylic acids is 5. The van der Waals surface area contributed by atoms with Gasteiger partial charge in [0.25, 0.3) is 11.8 Å². The molecule has 2 N–H and O–H groups in total. The van der Waals surface area contributed by atoms with Gasteiger partial charge in [0.05, 0.1) is 53.3 Å². The summed E-state index contributed by atoms with van der Waals surface area (Å²) in [6.07, 6.45) is 2.29. The molecule has 4 aliphatic rings. The van der Waals surface area contributed by atoms with Gasteiger partial charge in [-0.1, -0.05) is 89.4 Å². The van der Waals surface area contributed by atoms with Crippen LogP contribution in [-0.4, -0.2) is 59.9 Å². The molecular weight excluding hydrogens is 817 g/mol. The van der Waals surface area contributed by atoms with Gasteiger partial charge in [-0.15, -0.1) is 0 Å². The van der Waals surface area contributed by atoms with Gasteiger partial charge in [0.15, 0.2) is 5.78 Å². The molecule has 2 aliphatic heterocycles. The van der Waals surface area contributed by atoms with E-state index in [4.69, 9.17) is 32.7 Å². The van der Waals surface area contributed by atoms with Crippen LogP contribution >= 0.6 is 23.2 Å². The third-order valence-corrected chi connectivity index (χ3v) is 13.1. The smallest absolute Gasteiger partial charge is 0.260 e. The van der Waals surface area contributed by atoms with Crippen molar-refractivity contribution in [1.29, 1.82) is 0 Å². The Morgan fingerprint density at radius 1 is 0.803 bits per heavy atom. The number of fused-ring (bicyclic) bond motifs is 4. The summed E-state index contributed by atoms with van der Waals surface area (Å²) in [6, 6.07) is 34.3. The minimum absolute atomic E-state index is 0.0799. The fourth-order valence-corrected chi connectivity index (χ4v) is 10.4. The Morgan fingerprint density at radius 2 is 1.49 bits per heavy atom. The van der Waals surface area contributed by atoms with Gasteiger partial charge >= 0.3 is 0 Å². The number of amides is 4. The highest BCUT2D eigenvalue weighted by atomic mass is 35.5. The molecule has 5 aromatic carbocycles. The topological polar surface area (TPSA) is 143 Å². The van der Waals surface area contributed by atoms with E-state index >= 15 is 9.59 Å². The molecule has 9 rings (SSSR count). The Balaban J connectivity index is 1.15. The molecule has 6 atom stereocenters. The first-order chi connectivity index (χ1) is 29.6. The summed E-state index contributed by atoms with van der Waals surface area (Å²) >= 11 is 12.8. The summed E-state index contributed by atoms with van der Waals surface area (Å²) in [6.45, 7) is -0.100. The third kappa shape index (κ3) is 6.59. The zero-order valence-corrected chi connectivity index (χ0v) is 34.3. The first kappa shape index (κ1) is 40.2. The number of hydrogen-bond donors (Lipinski definition) is 2. The van der Waals surface area contributed by atoms with Gasteiger partial charge in [0.2, 0.25) is 11.8 Å². The van der Waals surface area contributed by atoms with Gasteiger partial charge in [-0.2, -0.15) is 5.01 Å². The number of imide groups is 2. The second kappa shape index (κ2) is 16.0. The monoisotopic (exact) mass is 855 g/mol. The minimum atomic E-state index is -1.54. The van der Waals surface area contributed by atoms with E-state index in [1.54, 1.807) is 104 Å². The number of ketones is 1. The van der Waals surface area contributed by atoms with Crippen molar-refractivity contribution in [3.63, 3.8) is 0 Å². The number of anilines is 2. The van der Waals surface area contributed by atoms with Gasteiger partial charge in [-0.25, -0.2) is 0 Å². The van der Waals surface area contributed by atoms with Gasteiger partial charge in [-0.3, -0.25) is 34.3 Å². The minimum Gasteiger partial charge on any atom is -0.497 e. The SMILES string of the molecule is COc1ccc([C@@]23C(=O)N(Nc4ccc(Cl)cc4Cl)C(=O)[C@@H]2C[C@@H]2C(=CC[C@@H]4C(=O)N(c5ccc(C(=O)c6ccccc6)cc5)C(=O)[C@@H]42)[C@@H]3c2ccc(OCCO)cc2)cc1. The molecule has 0 bridgehead atoms. The van der Waals surface area contributed by atoms with Crippen molar-refractivity contribution in [3.05, 3.63) is 165 Å². The molecule has 11 nitrogen and oxygen atoms in total. The third-order valence-electron chi connectivity index (χ3n) is 12.6. The Kier molecular flexibility index (Phi) is 10.5. The second-order valence-corrected chi connectivity index (χ2v) is 16.5. The van der Waals surface area contributed by atoms with Crippen LogP contribution in [0.4, 0.5) is 11.4 Å². The number of halogens is 2. The summed E-state index contributed by atoms with van der Waals surface area (Å²) in [7, 11) is 1.54. The summed E-state index contributed by atoms with van der Waals surface area (Å²) < 4.78 is 11.2. The molecule has 308 valence electrons. The number of carbonyl (C=O) groups is 5. The molecule has 4 amide bonds. The summed E-state index contributed by atoms with van der Waals surface area (Å²) in [5, 5.41) is 11.0. The first-order valence-corrected chi connectivity index (χ1v) is 20.7. The molecule has 61 heavy (non-hydrogen) atoms. The Hall–Kier alpha value is -6.27. The zero-order chi connectivity index (χ0) is 42.6. The van der Waals surface area contributed by atoms with Crippen molar-refractivity contribution in [1.82, 2.24) is 5.01 Å². The fourth-order valence-electron chi connectivity index (χ4n) is 9.91. The van der Waals surface area contributed by atoms with Gasteiger partial charge in [0.1, 0.15) is 18.1 Å². The standard InChI is InChI=1S/C48H39Cl2N3O8/c1-60-33-18-11-30(12-19-33)48-38(45(57)53(47(48)59)51-40-22-13-31(49)25-39(40)50)26-37-35(42(48)27-9-16-34(17-10-27)61-24-23-54)20-21-36-41(37)46(58)52(44(36)56)32-14-7-29(8-15-32)43(55)28-5-3-2-4-6-28/h2-20,22,25,36-38,41-42,51,54H,21,23-24,26H2,1H3/t36-,37+,38-,41-,42-,48+/m0/s1. The lowest BCUT2D eigenvalue weighted by Gasteiger charge is -2.50. The average molecular weight is 857 g/mol. The van der Waals surface area contributed by atoms with Crippen molar-refractivity contribution < 1.29 is 38.6 Å². The molecule has 2 heterocycles. The molecule has 13 heteroatoms. The molecular formula is C48H39Cl2N3O8. The molecule has 2 saturated heterocycles. The molecule has 0 spiro atoms. The van der Waals surface area contributed by atoms with Gasteiger partial charge in [0, 0.05) is 22.1 Å². The van der Waals surface area contributed by atoms with Gasteiger partial charge < -0.3 is 14.6 Å². The number of aliphatic hydroxyl groups excluding tert-OH is 1. The van der Waals surface area contributed by atoms with Crippen LogP contribution in [0, 0.1) is 23.7 Å². The quantitative estimate of drug-likeness (QED) is 0.0774. The maximum absolute atomic E-state index is 15.5. The summed E-state index contributed by atoms with van der Waals surface area (Å²) in [5.41, 5.74) is 5.06. The number of nitrogens with zero attached hydrogens (tertiary/aromatic N) is 2. The van der Waals surface area contributed by atoms with Crippen LogP contribution in [0.1, 0.15) is 45.8 Å². The average Bonchev–Trinajstić information content (AvgIpc) is 3.67. The second-order valence-electron chi connectivity index (χ2n) is 15.6. The Morgan fingerprint density at radius 3 is 2.16 bits per heavy atom. The number of benzene rings is 5. The van der Waals surface area contributed by atoms with E-state index in [1.807, 2.05) is 24.3 Å². The molecule has 2 aliphatic carbocycles. The Bertz CT molecular complexity index is 2600. The van der Waals surface area contributed by atoms with E-state index in [1.165, 1.54) is 11.0 Å².